The van der Waals surface area contributed by atoms with Crippen LogP contribution in [0.25, 0.3) is 0 Å². The summed E-state index contributed by atoms with van der Waals surface area (Å²) in [5.41, 5.74) is 0. The van der Waals surface area contributed by atoms with Gasteiger partial charge in [-0.3, -0.25) is 4.21 Å². The second kappa shape index (κ2) is 7.76. The maximum atomic E-state index is 12.5. The maximum Gasteiger partial charge on any atom is 0.0589 e. The third-order valence-corrected chi connectivity index (χ3v) is 5.64. The predicted molar refractivity (Wildman–Crippen MR) is 84.1 cm³/mol. The molecule has 0 saturated carbocycles. The van der Waals surface area contributed by atoms with Gasteiger partial charge in [-0.15, -0.1) is 0 Å². The van der Waals surface area contributed by atoms with E-state index in [1.807, 2.05) is 0 Å². The minimum atomic E-state index is -1.17. The van der Waals surface area contributed by atoms with Crippen molar-refractivity contribution in [3.63, 3.8) is 0 Å². The SMILES string of the molecule is CCNC(CS(=O)c1cc(Cl)ccc1Cl)C1CCOC1. The van der Waals surface area contributed by atoms with Crippen LogP contribution >= 0.6 is 23.2 Å². The molecule has 1 aliphatic rings. The molecule has 3 nitrogen and oxygen atoms in total. The highest BCUT2D eigenvalue weighted by Crippen LogP contribution is 2.26. The van der Waals surface area contributed by atoms with Gasteiger partial charge in [0.25, 0.3) is 0 Å². The lowest BCUT2D eigenvalue weighted by Gasteiger charge is -2.23. The van der Waals surface area contributed by atoms with Crippen molar-refractivity contribution in [3.8, 4) is 0 Å². The molecule has 0 spiro atoms. The number of hydrogen-bond donors (Lipinski definition) is 1. The van der Waals surface area contributed by atoms with Crippen LogP contribution in [0.1, 0.15) is 13.3 Å². The second-order valence-corrected chi connectivity index (χ2v) is 7.18. The fourth-order valence-electron chi connectivity index (χ4n) is 2.40. The van der Waals surface area contributed by atoms with Crippen molar-refractivity contribution in [2.75, 3.05) is 25.5 Å². The van der Waals surface area contributed by atoms with E-state index in [4.69, 9.17) is 27.9 Å². The van der Waals surface area contributed by atoms with E-state index in [0.717, 1.165) is 26.2 Å². The summed E-state index contributed by atoms with van der Waals surface area (Å²) in [6.07, 6.45) is 1.01. The summed E-state index contributed by atoms with van der Waals surface area (Å²) in [6, 6.07) is 5.27. The van der Waals surface area contributed by atoms with Crippen LogP contribution in [0.15, 0.2) is 23.1 Å². The molecule has 1 fully saturated rings. The summed E-state index contributed by atoms with van der Waals surface area (Å²) in [7, 11) is -1.17. The van der Waals surface area contributed by atoms with E-state index in [-0.39, 0.29) is 6.04 Å². The Hall–Kier alpha value is -0.130. The van der Waals surface area contributed by atoms with E-state index in [1.165, 1.54) is 0 Å². The molecular weight excluding hydrogens is 317 g/mol. The van der Waals surface area contributed by atoms with Gasteiger partial charge in [0, 0.05) is 29.3 Å². The first-order valence-electron chi connectivity index (χ1n) is 6.76. The molecule has 1 heterocycles. The van der Waals surface area contributed by atoms with Gasteiger partial charge in [0.15, 0.2) is 0 Å². The predicted octanol–water partition coefficient (Wildman–Crippen LogP) is 3.12. The molecule has 0 aliphatic carbocycles. The molecule has 0 aromatic heterocycles. The topological polar surface area (TPSA) is 38.3 Å². The minimum absolute atomic E-state index is 0.179. The molecule has 1 aliphatic heterocycles. The summed E-state index contributed by atoms with van der Waals surface area (Å²) in [5.74, 6) is 0.943. The first kappa shape index (κ1) is 16.2. The van der Waals surface area contributed by atoms with Crippen LogP contribution in [0.2, 0.25) is 10.0 Å². The molecule has 112 valence electrons. The van der Waals surface area contributed by atoms with E-state index < -0.39 is 10.8 Å². The molecule has 1 aromatic rings. The molecule has 1 aromatic carbocycles. The summed E-state index contributed by atoms with van der Waals surface area (Å²) < 4.78 is 18.0. The van der Waals surface area contributed by atoms with Crippen LogP contribution in [0.4, 0.5) is 0 Å². The van der Waals surface area contributed by atoms with Gasteiger partial charge in [-0.2, -0.15) is 0 Å². The van der Waals surface area contributed by atoms with Crippen molar-refractivity contribution in [2.24, 2.45) is 5.92 Å². The lowest BCUT2D eigenvalue weighted by molar-refractivity contribution is 0.179. The molecule has 0 amide bonds. The van der Waals surface area contributed by atoms with Gasteiger partial charge >= 0.3 is 0 Å². The van der Waals surface area contributed by atoms with E-state index >= 15 is 0 Å². The van der Waals surface area contributed by atoms with Crippen molar-refractivity contribution < 1.29 is 8.95 Å². The highest BCUT2D eigenvalue weighted by Gasteiger charge is 2.27. The van der Waals surface area contributed by atoms with Crippen molar-refractivity contribution in [1.82, 2.24) is 5.32 Å². The lowest BCUT2D eigenvalue weighted by Crippen LogP contribution is -2.40. The fraction of sp³-hybridized carbons (Fsp3) is 0.571. The van der Waals surface area contributed by atoms with Gasteiger partial charge in [0.1, 0.15) is 0 Å². The Balaban J connectivity index is 2.09. The molecule has 2 rings (SSSR count). The van der Waals surface area contributed by atoms with E-state index in [2.05, 4.69) is 12.2 Å². The highest BCUT2D eigenvalue weighted by molar-refractivity contribution is 7.85. The number of rotatable bonds is 6. The molecule has 0 bridgehead atoms. The smallest absolute Gasteiger partial charge is 0.0589 e. The third kappa shape index (κ3) is 4.18. The Morgan fingerprint density at radius 1 is 1.50 bits per heavy atom. The summed E-state index contributed by atoms with van der Waals surface area (Å²) in [6.45, 7) is 4.43. The highest BCUT2D eigenvalue weighted by atomic mass is 35.5. The van der Waals surface area contributed by atoms with E-state index in [0.29, 0.717) is 26.6 Å². The van der Waals surface area contributed by atoms with E-state index in [1.54, 1.807) is 18.2 Å². The summed E-state index contributed by atoms with van der Waals surface area (Å²) >= 11 is 12.1. The molecule has 3 unspecified atom stereocenters. The van der Waals surface area contributed by atoms with Crippen molar-refractivity contribution in [1.29, 1.82) is 0 Å². The Morgan fingerprint density at radius 2 is 2.30 bits per heavy atom. The molecule has 1 saturated heterocycles. The van der Waals surface area contributed by atoms with Gasteiger partial charge in [-0.1, -0.05) is 30.1 Å². The zero-order chi connectivity index (χ0) is 14.5. The van der Waals surface area contributed by atoms with Gasteiger partial charge in [-0.25, -0.2) is 0 Å². The molecule has 6 heteroatoms. The molecular formula is C14H19Cl2NO2S. The Morgan fingerprint density at radius 3 is 2.95 bits per heavy atom. The molecule has 0 radical (unpaired) electrons. The normalized spacial score (nSPS) is 21.9. The van der Waals surface area contributed by atoms with Gasteiger partial charge < -0.3 is 10.1 Å². The third-order valence-electron chi connectivity index (χ3n) is 3.47. The van der Waals surface area contributed by atoms with Gasteiger partial charge in [0.05, 0.1) is 27.3 Å². The van der Waals surface area contributed by atoms with Crippen molar-refractivity contribution >= 4 is 34.0 Å². The molecule has 20 heavy (non-hydrogen) atoms. The average Bonchev–Trinajstić information content (AvgIpc) is 2.95. The van der Waals surface area contributed by atoms with Crippen LogP contribution in [-0.4, -0.2) is 35.8 Å². The molecule has 1 N–H and O–H groups in total. The summed E-state index contributed by atoms with van der Waals surface area (Å²) in [5, 5.41) is 4.47. The number of benzene rings is 1. The largest absolute Gasteiger partial charge is 0.381 e. The fourth-order valence-corrected chi connectivity index (χ4v) is 4.45. The quantitative estimate of drug-likeness (QED) is 0.867. The van der Waals surface area contributed by atoms with Gasteiger partial charge in [0.2, 0.25) is 0 Å². The first-order valence-corrected chi connectivity index (χ1v) is 8.84. The Kier molecular flexibility index (Phi) is 6.30. The molecule has 3 atom stereocenters. The second-order valence-electron chi connectivity index (χ2n) is 4.87. The first-order chi connectivity index (χ1) is 9.61. The number of ether oxygens (including phenoxy) is 1. The van der Waals surface area contributed by atoms with Crippen molar-refractivity contribution in [2.45, 2.75) is 24.3 Å². The number of nitrogens with one attached hydrogen (secondary N) is 1. The monoisotopic (exact) mass is 335 g/mol. The average molecular weight is 336 g/mol. The van der Waals surface area contributed by atoms with Gasteiger partial charge in [-0.05, 0) is 31.2 Å². The van der Waals surface area contributed by atoms with Crippen LogP contribution in [0.5, 0.6) is 0 Å². The van der Waals surface area contributed by atoms with E-state index in [9.17, 15) is 4.21 Å². The summed E-state index contributed by atoms with van der Waals surface area (Å²) in [4.78, 5) is 0.612. The minimum Gasteiger partial charge on any atom is -0.381 e. The zero-order valence-electron chi connectivity index (χ0n) is 11.4. The lowest BCUT2D eigenvalue weighted by atomic mass is 10.0. The number of halogens is 2. The van der Waals surface area contributed by atoms with Crippen LogP contribution in [0.3, 0.4) is 0 Å². The maximum absolute atomic E-state index is 12.5. The standard InChI is InChI=1S/C14H19Cl2NO2S/c1-2-17-13(10-5-6-19-8-10)9-20(18)14-7-11(15)3-4-12(14)16/h3-4,7,10,13,17H,2,5-6,8-9H2,1H3. The zero-order valence-corrected chi connectivity index (χ0v) is 13.7. The number of hydrogen-bond acceptors (Lipinski definition) is 3. The van der Waals surface area contributed by atoms with Crippen LogP contribution in [0, 0.1) is 5.92 Å². The van der Waals surface area contributed by atoms with Crippen LogP contribution in [-0.2, 0) is 15.5 Å². The Labute approximate surface area is 132 Å². The van der Waals surface area contributed by atoms with Crippen molar-refractivity contribution in [3.05, 3.63) is 28.2 Å². The van der Waals surface area contributed by atoms with Crippen LogP contribution < -0.4 is 5.32 Å². The Bertz CT molecular complexity index is 478.